The van der Waals surface area contributed by atoms with Crippen LogP contribution in [0.5, 0.6) is 17.2 Å². The Kier molecular flexibility index (Phi) is 7.82. The standard InChI is InChI=1S/C25H20BrClN2O4S/c1-31-18-9-7-17(8-10-18)28-25-29-24(30)23(34-25)12-16-11-21(32-2)22(13-19(16)26)33-14-15-5-3-4-6-20(15)27/h3-13H,14H2,1-2H3,(H,28,29,30)/b23-12+. The molecule has 1 heterocycles. The molecule has 3 aromatic rings. The topological polar surface area (TPSA) is 69.2 Å². The molecular formula is C25H20BrClN2O4S. The molecule has 1 amide bonds. The van der Waals surface area contributed by atoms with Crippen molar-refractivity contribution in [1.82, 2.24) is 5.32 Å². The third-order valence-corrected chi connectivity index (χ3v) is 6.83. The minimum atomic E-state index is -0.220. The van der Waals surface area contributed by atoms with Gasteiger partial charge < -0.3 is 19.5 Å². The number of benzene rings is 3. The lowest BCUT2D eigenvalue weighted by molar-refractivity contribution is -0.115. The van der Waals surface area contributed by atoms with Crippen molar-refractivity contribution in [1.29, 1.82) is 0 Å². The van der Waals surface area contributed by atoms with Crippen LogP contribution in [0.15, 0.2) is 75.0 Å². The Hall–Kier alpha value is -2.94. The lowest BCUT2D eigenvalue weighted by Crippen LogP contribution is -2.19. The van der Waals surface area contributed by atoms with E-state index in [0.29, 0.717) is 38.9 Å². The Bertz CT molecular complexity index is 1280. The van der Waals surface area contributed by atoms with Gasteiger partial charge in [0.1, 0.15) is 12.4 Å². The molecular weight excluding hydrogens is 540 g/mol. The van der Waals surface area contributed by atoms with Gasteiger partial charge in [-0.15, -0.1) is 0 Å². The van der Waals surface area contributed by atoms with E-state index in [9.17, 15) is 4.79 Å². The average molecular weight is 560 g/mol. The molecule has 6 nitrogen and oxygen atoms in total. The SMILES string of the molecule is COc1ccc(N=C2NC(=O)/C(=C\c3cc(OC)c(OCc4ccccc4Cl)cc3Br)S2)cc1. The number of ether oxygens (including phenoxy) is 3. The molecule has 34 heavy (non-hydrogen) atoms. The third-order valence-electron chi connectivity index (χ3n) is 4.86. The maximum Gasteiger partial charge on any atom is 0.264 e. The first-order chi connectivity index (χ1) is 16.5. The summed E-state index contributed by atoms with van der Waals surface area (Å²) < 4.78 is 17.4. The average Bonchev–Trinajstić information content (AvgIpc) is 3.18. The predicted octanol–water partition coefficient (Wildman–Crippen LogP) is 6.59. The van der Waals surface area contributed by atoms with Crippen molar-refractivity contribution in [3.63, 3.8) is 0 Å². The Morgan fingerprint density at radius 2 is 1.82 bits per heavy atom. The summed E-state index contributed by atoms with van der Waals surface area (Å²) in [4.78, 5) is 17.5. The van der Waals surface area contributed by atoms with Crippen LogP contribution in [0.2, 0.25) is 5.02 Å². The number of nitrogens with zero attached hydrogens (tertiary/aromatic N) is 1. The fraction of sp³-hybridized carbons (Fsp3) is 0.120. The van der Waals surface area contributed by atoms with Crippen LogP contribution in [0.1, 0.15) is 11.1 Å². The van der Waals surface area contributed by atoms with E-state index in [1.54, 1.807) is 20.3 Å². The normalized spacial score (nSPS) is 15.5. The Balaban J connectivity index is 1.53. The first-order valence-corrected chi connectivity index (χ1v) is 12.1. The van der Waals surface area contributed by atoms with Crippen LogP contribution in [0.25, 0.3) is 6.08 Å². The van der Waals surface area contributed by atoms with Gasteiger partial charge in [0.2, 0.25) is 0 Å². The van der Waals surface area contributed by atoms with Gasteiger partial charge in [-0.3, -0.25) is 4.79 Å². The van der Waals surface area contributed by atoms with Crippen LogP contribution in [0.4, 0.5) is 5.69 Å². The summed E-state index contributed by atoms with van der Waals surface area (Å²) in [6, 6.07) is 18.4. The smallest absolute Gasteiger partial charge is 0.264 e. The maximum absolute atomic E-state index is 12.5. The molecule has 0 saturated carbocycles. The summed E-state index contributed by atoms with van der Waals surface area (Å²) in [5.41, 5.74) is 2.36. The van der Waals surface area contributed by atoms with E-state index in [-0.39, 0.29) is 5.91 Å². The van der Waals surface area contributed by atoms with Gasteiger partial charge in [-0.25, -0.2) is 4.99 Å². The Morgan fingerprint density at radius 1 is 1.06 bits per heavy atom. The van der Waals surface area contributed by atoms with Crippen LogP contribution in [0.3, 0.4) is 0 Å². The van der Waals surface area contributed by atoms with E-state index in [4.69, 9.17) is 25.8 Å². The van der Waals surface area contributed by atoms with E-state index in [1.165, 1.54) is 11.8 Å². The lowest BCUT2D eigenvalue weighted by Gasteiger charge is -2.13. The zero-order valence-electron chi connectivity index (χ0n) is 18.3. The van der Waals surface area contributed by atoms with Crippen molar-refractivity contribution in [3.05, 3.63) is 86.2 Å². The van der Waals surface area contributed by atoms with Crippen LogP contribution in [-0.2, 0) is 11.4 Å². The molecule has 0 spiro atoms. The molecule has 0 unspecified atom stereocenters. The number of aliphatic imine (C=N–C) groups is 1. The second-order valence-electron chi connectivity index (χ2n) is 7.08. The van der Waals surface area contributed by atoms with Crippen molar-refractivity contribution < 1.29 is 19.0 Å². The molecule has 0 atom stereocenters. The van der Waals surface area contributed by atoms with Gasteiger partial charge >= 0.3 is 0 Å². The van der Waals surface area contributed by atoms with Gasteiger partial charge in [0.15, 0.2) is 16.7 Å². The number of carbonyl (C=O) groups is 1. The number of thioether (sulfide) groups is 1. The number of rotatable bonds is 7. The summed E-state index contributed by atoms with van der Waals surface area (Å²) >= 11 is 11.1. The molecule has 1 aliphatic rings. The number of halogens is 2. The van der Waals surface area contributed by atoms with Crippen molar-refractivity contribution in [2.75, 3.05) is 14.2 Å². The highest BCUT2D eigenvalue weighted by atomic mass is 79.9. The molecule has 174 valence electrons. The number of hydrogen-bond donors (Lipinski definition) is 1. The number of hydrogen-bond acceptors (Lipinski definition) is 6. The lowest BCUT2D eigenvalue weighted by atomic mass is 10.1. The van der Waals surface area contributed by atoms with E-state index in [0.717, 1.165) is 21.3 Å². The highest BCUT2D eigenvalue weighted by molar-refractivity contribution is 9.10. The van der Waals surface area contributed by atoms with Gasteiger partial charge in [0, 0.05) is 15.1 Å². The number of carbonyl (C=O) groups excluding carboxylic acids is 1. The summed E-state index contributed by atoms with van der Waals surface area (Å²) in [6.45, 7) is 0.298. The molecule has 0 bridgehead atoms. The van der Waals surface area contributed by atoms with E-state index in [2.05, 4.69) is 26.2 Å². The van der Waals surface area contributed by atoms with Crippen LogP contribution in [-0.4, -0.2) is 25.3 Å². The van der Waals surface area contributed by atoms with Crippen molar-refractivity contribution in [2.24, 2.45) is 4.99 Å². The van der Waals surface area contributed by atoms with Gasteiger partial charge in [0.05, 0.1) is 24.8 Å². The number of amides is 1. The summed E-state index contributed by atoms with van der Waals surface area (Å²) in [6.07, 6.45) is 1.78. The zero-order valence-corrected chi connectivity index (χ0v) is 21.5. The van der Waals surface area contributed by atoms with Crippen molar-refractivity contribution >= 4 is 62.1 Å². The molecule has 1 aliphatic heterocycles. The minimum absolute atomic E-state index is 0.220. The largest absolute Gasteiger partial charge is 0.497 e. The number of nitrogens with one attached hydrogen (secondary N) is 1. The summed E-state index contributed by atoms with van der Waals surface area (Å²) in [7, 11) is 3.18. The molecule has 9 heteroatoms. The van der Waals surface area contributed by atoms with Crippen molar-refractivity contribution in [3.8, 4) is 17.2 Å². The Morgan fingerprint density at radius 3 is 2.53 bits per heavy atom. The number of methoxy groups -OCH3 is 2. The monoisotopic (exact) mass is 558 g/mol. The molecule has 4 rings (SSSR count). The summed E-state index contributed by atoms with van der Waals surface area (Å²) in [5, 5.41) is 3.94. The highest BCUT2D eigenvalue weighted by Crippen LogP contribution is 2.37. The predicted molar refractivity (Wildman–Crippen MR) is 140 cm³/mol. The number of amidine groups is 1. The molecule has 1 fully saturated rings. The fourth-order valence-corrected chi connectivity index (χ4v) is 4.56. The zero-order chi connectivity index (χ0) is 24.1. The first-order valence-electron chi connectivity index (χ1n) is 10.1. The second kappa shape index (κ2) is 11.0. The Labute approximate surface area is 215 Å². The quantitative estimate of drug-likeness (QED) is 0.331. The van der Waals surface area contributed by atoms with Gasteiger partial charge in [-0.1, -0.05) is 45.7 Å². The third kappa shape index (κ3) is 5.75. The van der Waals surface area contributed by atoms with Gasteiger partial charge in [-0.2, -0.15) is 0 Å². The molecule has 1 N–H and O–H groups in total. The van der Waals surface area contributed by atoms with Crippen LogP contribution >= 0.6 is 39.3 Å². The minimum Gasteiger partial charge on any atom is -0.497 e. The van der Waals surface area contributed by atoms with Gasteiger partial charge in [-0.05, 0) is 65.9 Å². The fourth-order valence-electron chi connectivity index (χ4n) is 3.10. The van der Waals surface area contributed by atoms with Crippen LogP contribution < -0.4 is 19.5 Å². The maximum atomic E-state index is 12.5. The summed E-state index contributed by atoms with van der Waals surface area (Å²) in [5.74, 6) is 1.62. The van der Waals surface area contributed by atoms with Gasteiger partial charge in [0.25, 0.3) is 5.91 Å². The van der Waals surface area contributed by atoms with Crippen LogP contribution in [0, 0.1) is 0 Å². The van der Waals surface area contributed by atoms with E-state index < -0.39 is 0 Å². The second-order valence-corrected chi connectivity index (χ2v) is 9.38. The molecule has 3 aromatic carbocycles. The first kappa shape index (κ1) is 24.2. The molecule has 0 aliphatic carbocycles. The highest BCUT2D eigenvalue weighted by Gasteiger charge is 2.24. The molecule has 0 aromatic heterocycles. The van der Waals surface area contributed by atoms with Crippen molar-refractivity contribution in [2.45, 2.75) is 6.61 Å². The molecule has 1 saturated heterocycles. The van der Waals surface area contributed by atoms with E-state index >= 15 is 0 Å². The molecule has 0 radical (unpaired) electrons. The van der Waals surface area contributed by atoms with E-state index in [1.807, 2.05) is 60.7 Å².